The van der Waals surface area contributed by atoms with E-state index in [1.807, 2.05) is 55.5 Å². The summed E-state index contributed by atoms with van der Waals surface area (Å²) < 4.78 is 10.7. The summed E-state index contributed by atoms with van der Waals surface area (Å²) in [7, 11) is 0. The number of hydrogen-bond donors (Lipinski definition) is 1. The van der Waals surface area contributed by atoms with E-state index in [9.17, 15) is 4.79 Å². The fourth-order valence-electron chi connectivity index (χ4n) is 3.50. The van der Waals surface area contributed by atoms with Crippen LogP contribution in [0.2, 0.25) is 0 Å². The summed E-state index contributed by atoms with van der Waals surface area (Å²) >= 11 is 7.19. The molecule has 3 aromatic rings. The number of hydrogen-bond acceptors (Lipinski definition) is 6. The normalized spacial score (nSPS) is 14.4. The summed E-state index contributed by atoms with van der Waals surface area (Å²) in [4.78, 5) is 18.0. The largest absolute Gasteiger partial charge is 0.468 e. The van der Waals surface area contributed by atoms with Crippen LogP contribution in [0.25, 0.3) is 10.4 Å². The number of ether oxygens (including phenoxy) is 1. The van der Waals surface area contributed by atoms with E-state index in [2.05, 4.69) is 15.1 Å². The molecule has 1 fully saturated rings. The average Bonchev–Trinajstić information content (AvgIpc) is 3.45. The van der Waals surface area contributed by atoms with Gasteiger partial charge < -0.3 is 19.4 Å². The Morgan fingerprint density at radius 3 is 2.61 bits per heavy atom. The lowest BCUT2D eigenvalue weighted by molar-refractivity contribution is 0.0528. The first-order valence-corrected chi connectivity index (χ1v) is 11.5. The molecule has 4 rings (SSSR count). The van der Waals surface area contributed by atoms with Crippen LogP contribution in [0.3, 0.4) is 0 Å². The SMILES string of the molecule is CCOC(=O)c1cc(-c2ccccc2)sc1NC(=S)N1CCN(Cc2ccco2)CC1. The number of benzene rings is 1. The van der Waals surface area contributed by atoms with Crippen LogP contribution < -0.4 is 5.32 Å². The van der Waals surface area contributed by atoms with Crippen molar-refractivity contribution in [1.82, 2.24) is 9.80 Å². The minimum atomic E-state index is -0.338. The zero-order valence-electron chi connectivity index (χ0n) is 17.4. The third kappa shape index (κ3) is 5.33. The minimum absolute atomic E-state index is 0.330. The molecule has 1 aliphatic rings. The zero-order valence-corrected chi connectivity index (χ0v) is 19.0. The van der Waals surface area contributed by atoms with Crippen LogP contribution in [-0.4, -0.2) is 53.7 Å². The quantitative estimate of drug-likeness (QED) is 0.427. The second-order valence-electron chi connectivity index (χ2n) is 7.21. The molecule has 0 amide bonds. The second-order valence-corrected chi connectivity index (χ2v) is 8.65. The molecule has 0 atom stereocenters. The summed E-state index contributed by atoms with van der Waals surface area (Å²) in [5, 5.41) is 4.66. The molecule has 1 aromatic carbocycles. The molecule has 3 heterocycles. The van der Waals surface area contributed by atoms with Gasteiger partial charge in [-0.1, -0.05) is 30.3 Å². The smallest absolute Gasteiger partial charge is 0.341 e. The lowest BCUT2D eigenvalue weighted by atomic mass is 10.1. The fourth-order valence-corrected chi connectivity index (χ4v) is 4.90. The summed E-state index contributed by atoms with van der Waals surface area (Å²) in [5.41, 5.74) is 1.58. The molecule has 162 valence electrons. The molecule has 1 N–H and O–H groups in total. The van der Waals surface area contributed by atoms with Crippen LogP contribution in [0.5, 0.6) is 0 Å². The molecule has 8 heteroatoms. The number of carbonyl (C=O) groups is 1. The molecule has 0 saturated carbocycles. The van der Waals surface area contributed by atoms with Gasteiger partial charge in [-0.3, -0.25) is 4.90 Å². The number of thiocarbonyl (C=S) groups is 1. The molecule has 2 aromatic heterocycles. The summed E-state index contributed by atoms with van der Waals surface area (Å²) in [6.07, 6.45) is 1.70. The van der Waals surface area contributed by atoms with E-state index in [4.69, 9.17) is 21.4 Å². The number of carbonyl (C=O) groups excluding carboxylic acids is 1. The average molecular weight is 456 g/mol. The van der Waals surface area contributed by atoms with Gasteiger partial charge in [0, 0.05) is 31.1 Å². The molecule has 1 saturated heterocycles. The maximum absolute atomic E-state index is 12.5. The zero-order chi connectivity index (χ0) is 21.6. The molecular formula is C23H25N3O3S2. The van der Waals surface area contributed by atoms with Crippen molar-refractivity contribution in [2.45, 2.75) is 13.5 Å². The molecule has 31 heavy (non-hydrogen) atoms. The predicted molar refractivity (Wildman–Crippen MR) is 127 cm³/mol. The monoisotopic (exact) mass is 455 g/mol. The van der Waals surface area contributed by atoms with Gasteiger partial charge >= 0.3 is 5.97 Å². The maximum atomic E-state index is 12.5. The topological polar surface area (TPSA) is 58.0 Å². The van der Waals surface area contributed by atoms with Crippen molar-refractivity contribution in [2.75, 3.05) is 38.1 Å². The maximum Gasteiger partial charge on any atom is 0.341 e. The first-order chi connectivity index (χ1) is 15.1. The predicted octanol–water partition coefficient (Wildman–Crippen LogP) is 4.70. The lowest BCUT2D eigenvalue weighted by Gasteiger charge is -2.35. The van der Waals surface area contributed by atoms with Gasteiger partial charge in [0.25, 0.3) is 0 Å². The fraction of sp³-hybridized carbons (Fsp3) is 0.304. The Morgan fingerprint density at radius 1 is 1.16 bits per heavy atom. The first-order valence-electron chi connectivity index (χ1n) is 10.3. The highest BCUT2D eigenvalue weighted by Crippen LogP contribution is 2.36. The minimum Gasteiger partial charge on any atom is -0.468 e. The Balaban J connectivity index is 1.43. The molecule has 0 unspecified atom stereocenters. The van der Waals surface area contributed by atoms with E-state index in [-0.39, 0.29) is 5.97 Å². The van der Waals surface area contributed by atoms with Gasteiger partial charge in [-0.05, 0) is 42.9 Å². The van der Waals surface area contributed by atoms with Crippen molar-refractivity contribution in [2.24, 2.45) is 0 Å². The van der Waals surface area contributed by atoms with Crippen LogP contribution >= 0.6 is 23.6 Å². The van der Waals surface area contributed by atoms with Crippen molar-refractivity contribution in [1.29, 1.82) is 0 Å². The Hall–Kier alpha value is -2.68. The van der Waals surface area contributed by atoms with Gasteiger partial charge in [-0.15, -0.1) is 11.3 Å². The van der Waals surface area contributed by atoms with Crippen molar-refractivity contribution in [3.05, 3.63) is 66.1 Å². The van der Waals surface area contributed by atoms with Gasteiger partial charge in [-0.25, -0.2) is 4.79 Å². The van der Waals surface area contributed by atoms with E-state index in [1.165, 1.54) is 11.3 Å². The number of piperazine rings is 1. The molecule has 0 radical (unpaired) electrons. The summed E-state index contributed by atoms with van der Waals surface area (Å²) in [6, 6.07) is 15.8. The van der Waals surface area contributed by atoms with Crippen LogP contribution in [0.15, 0.2) is 59.2 Å². The van der Waals surface area contributed by atoms with E-state index < -0.39 is 0 Å². The van der Waals surface area contributed by atoms with Gasteiger partial charge in [0.05, 0.1) is 25.0 Å². The molecule has 6 nitrogen and oxygen atoms in total. The number of thiophene rings is 1. The number of esters is 1. The molecule has 0 bridgehead atoms. The second kappa shape index (κ2) is 10.1. The number of anilines is 1. The van der Waals surface area contributed by atoms with E-state index in [0.717, 1.165) is 53.9 Å². The van der Waals surface area contributed by atoms with Crippen molar-refractivity contribution in [3.63, 3.8) is 0 Å². The van der Waals surface area contributed by atoms with Crippen LogP contribution in [0.4, 0.5) is 5.00 Å². The van der Waals surface area contributed by atoms with Crippen molar-refractivity contribution in [3.8, 4) is 10.4 Å². The Morgan fingerprint density at radius 2 is 1.94 bits per heavy atom. The Kier molecular flexibility index (Phi) is 7.01. The Bertz CT molecular complexity index is 1010. The molecule has 0 aliphatic carbocycles. The van der Waals surface area contributed by atoms with Gasteiger partial charge in [-0.2, -0.15) is 0 Å². The van der Waals surface area contributed by atoms with Gasteiger partial charge in [0.2, 0.25) is 0 Å². The first kappa shape index (κ1) is 21.5. The van der Waals surface area contributed by atoms with Crippen LogP contribution in [-0.2, 0) is 11.3 Å². The molecular weight excluding hydrogens is 430 g/mol. The highest BCUT2D eigenvalue weighted by Gasteiger charge is 2.23. The highest BCUT2D eigenvalue weighted by molar-refractivity contribution is 7.80. The molecule has 0 spiro atoms. The van der Waals surface area contributed by atoms with E-state index in [1.54, 1.807) is 6.26 Å². The standard InChI is InChI=1S/C23H25N3O3S2/c1-2-28-22(27)19-15-20(17-7-4-3-5-8-17)31-21(19)24-23(30)26-12-10-25(11-13-26)16-18-9-6-14-29-18/h3-9,14-15H,2,10-13,16H2,1H3,(H,24,30). The number of nitrogens with one attached hydrogen (secondary N) is 1. The lowest BCUT2D eigenvalue weighted by Crippen LogP contribution is -2.49. The van der Waals surface area contributed by atoms with Crippen LogP contribution in [0, 0.1) is 0 Å². The van der Waals surface area contributed by atoms with Crippen molar-refractivity contribution >= 4 is 39.6 Å². The summed E-state index contributed by atoms with van der Waals surface area (Å²) in [5.74, 6) is 0.634. The number of furan rings is 1. The van der Waals surface area contributed by atoms with Crippen LogP contribution in [0.1, 0.15) is 23.0 Å². The van der Waals surface area contributed by atoms with Crippen molar-refractivity contribution < 1.29 is 13.9 Å². The third-order valence-corrected chi connectivity index (χ3v) is 6.59. The summed E-state index contributed by atoms with van der Waals surface area (Å²) in [6.45, 7) is 6.37. The number of rotatable bonds is 6. The van der Waals surface area contributed by atoms with Gasteiger partial charge in [0.15, 0.2) is 5.11 Å². The van der Waals surface area contributed by atoms with E-state index >= 15 is 0 Å². The Labute approximate surface area is 191 Å². The van der Waals surface area contributed by atoms with Gasteiger partial charge in [0.1, 0.15) is 10.8 Å². The van der Waals surface area contributed by atoms with E-state index in [0.29, 0.717) is 17.3 Å². The third-order valence-electron chi connectivity index (χ3n) is 5.13. The molecule has 1 aliphatic heterocycles. The highest BCUT2D eigenvalue weighted by atomic mass is 32.1. The number of nitrogens with zero attached hydrogens (tertiary/aromatic N) is 2.